The van der Waals surface area contributed by atoms with Crippen LogP contribution in [0.1, 0.15) is 61.6 Å². The van der Waals surface area contributed by atoms with Gasteiger partial charge in [0.1, 0.15) is 12.2 Å². The molecular weight excluding hydrogens is 464 g/mol. The molecule has 3 fully saturated rings. The summed E-state index contributed by atoms with van der Waals surface area (Å²) in [7, 11) is 1.34. The lowest BCUT2D eigenvalue weighted by atomic mass is 9.42. The van der Waals surface area contributed by atoms with E-state index in [-0.39, 0.29) is 12.4 Å². The van der Waals surface area contributed by atoms with Gasteiger partial charge in [-0.15, -0.1) is 0 Å². The van der Waals surface area contributed by atoms with Crippen LogP contribution < -0.4 is 0 Å². The number of methoxy groups -OCH3 is 1. The normalized spacial score (nSPS) is 37.7. The van der Waals surface area contributed by atoms with E-state index in [0.29, 0.717) is 24.8 Å². The second-order valence-corrected chi connectivity index (χ2v) is 10.9. The second kappa shape index (κ2) is 9.07. The molecule has 8 nitrogen and oxygen atoms in total. The fourth-order valence-corrected chi connectivity index (χ4v) is 7.31. The molecule has 8 heteroatoms. The standard InChI is InChI=1S/C28H32O8/c1-27-11-9-18-26(32)36-21(17-10-12-34-15-17)14-28(18,2)23(27)22(29)20(13-19(27)25(31)33-3)35-24(30)16-7-5-4-6-8-16/h4-8,10,12,15,18-23,29H,9,11,13-14H2,1-3H3/t18-,19-,20-,21-,22-,23?,27-,28-/m0/s1. The fourth-order valence-electron chi connectivity index (χ4n) is 7.31. The minimum atomic E-state index is -1.08. The van der Waals surface area contributed by atoms with Gasteiger partial charge >= 0.3 is 17.9 Å². The summed E-state index contributed by atoms with van der Waals surface area (Å²) in [5, 5.41) is 11.8. The van der Waals surface area contributed by atoms with E-state index in [1.165, 1.54) is 13.4 Å². The number of cyclic esters (lactones) is 1. The molecule has 36 heavy (non-hydrogen) atoms. The highest BCUT2D eigenvalue weighted by Crippen LogP contribution is 2.66. The van der Waals surface area contributed by atoms with Crippen LogP contribution >= 0.6 is 0 Å². The first kappa shape index (κ1) is 24.6. The molecule has 8 atom stereocenters. The molecule has 3 aliphatic rings. The Morgan fingerprint density at radius 1 is 1.11 bits per heavy atom. The third-order valence-corrected chi connectivity index (χ3v) is 9.01. The number of hydrogen-bond acceptors (Lipinski definition) is 8. The minimum absolute atomic E-state index is 0.149. The summed E-state index contributed by atoms with van der Waals surface area (Å²) in [5.74, 6) is -2.85. The summed E-state index contributed by atoms with van der Waals surface area (Å²) in [6, 6.07) is 10.3. The Morgan fingerprint density at radius 3 is 2.53 bits per heavy atom. The van der Waals surface area contributed by atoms with Crippen LogP contribution in [-0.4, -0.2) is 42.3 Å². The molecule has 1 aromatic heterocycles. The molecule has 5 rings (SSSR count). The van der Waals surface area contributed by atoms with Crippen molar-refractivity contribution in [3.63, 3.8) is 0 Å². The number of rotatable bonds is 4. The first-order valence-corrected chi connectivity index (χ1v) is 12.4. The number of furan rings is 1. The molecule has 2 saturated carbocycles. The van der Waals surface area contributed by atoms with Gasteiger partial charge in [-0.3, -0.25) is 9.59 Å². The van der Waals surface area contributed by atoms with E-state index < -0.39 is 58.8 Å². The lowest BCUT2D eigenvalue weighted by Gasteiger charge is -2.63. The van der Waals surface area contributed by atoms with Crippen LogP contribution in [0.25, 0.3) is 0 Å². The van der Waals surface area contributed by atoms with Crippen molar-refractivity contribution < 1.29 is 38.1 Å². The van der Waals surface area contributed by atoms with Crippen LogP contribution in [0, 0.1) is 28.6 Å². The number of carbonyl (C=O) groups excluding carboxylic acids is 3. The average molecular weight is 497 g/mol. The predicted octanol–water partition coefficient (Wildman–Crippen LogP) is 4.09. The highest BCUT2D eigenvalue weighted by molar-refractivity contribution is 5.89. The van der Waals surface area contributed by atoms with Crippen molar-refractivity contribution in [1.29, 1.82) is 0 Å². The Hall–Kier alpha value is -3.13. The zero-order chi connectivity index (χ0) is 25.7. The first-order valence-electron chi connectivity index (χ1n) is 12.4. The van der Waals surface area contributed by atoms with Gasteiger partial charge in [0.25, 0.3) is 0 Å². The summed E-state index contributed by atoms with van der Waals surface area (Å²) in [6.07, 6.45) is 2.23. The molecule has 1 saturated heterocycles. The molecule has 2 aromatic rings. The van der Waals surface area contributed by atoms with Gasteiger partial charge in [-0.1, -0.05) is 32.0 Å². The number of hydrogen-bond donors (Lipinski definition) is 1. The monoisotopic (exact) mass is 496 g/mol. The SMILES string of the molecule is COC(=O)[C@@H]1C[C@H](OC(=O)c2ccccc2)[C@H](O)C2[C@@]1(C)CC[C@H]1C(=O)O[C@H](c3ccoc3)C[C@]21C. The topological polar surface area (TPSA) is 112 Å². The largest absolute Gasteiger partial charge is 0.472 e. The average Bonchev–Trinajstić information content (AvgIpc) is 3.40. The molecule has 0 radical (unpaired) electrons. The maximum atomic E-state index is 13.2. The zero-order valence-corrected chi connectivity index (χ0v) is 20.7. The van der Waals surface area contributed by atoms with Gasteiger partial charge in [0.15, 0.2) is 0 Å². The second-order valence-electron chi connectivity index (χ2n) is 10.9. The van der Waals surface area contributed by atoms with Crippen LogP contribution in [-0.2, 0) is 23.8 Å². The third-order valence-electron chi connectivity index (χ3n) is 9.01. The van der Waals surface area contributed by atoms with E-state index in [9.17, 15) is 19.5 Å². The molecule has 192 valence electrons. The number of aliphatic hydroxyl groups excluding tert-OH is 1. The van der Waals surface area contributed by atoms with Gasteiger partial charge in [-0.2, -0.15) is 0 Å². The van der Waals surface area contributed by atoms with Crippen molar-refractivity contribution >= 4 is 17.9 Å². The number of ether oxygens (including phenoxy) is 3. The fraction of sp³-hybridized carbons (Fsp3) is 0.536. The summed E-state index contributed by atoms with van der Waals surface area (Å²) < 4.78 is 22.0. The van der Waals surface area contributed by atoms with Gasteiger partial charge in [0.05, 0.1) is 43.1 Å². The smallest absolute Gasteiger partial charge is 0.338 e. The number of aliphatic hydroxyl groups is 1. The van der Waals surface area contributed by atoms with Crippen molar-refractivity contribution in [3.8, 4) is 0 Å². The van der Waals surface area contributed by atoms with Crippen LogP contribution in [0.2, 0.25) is 0 Å². The number of esters is 3. The van der Waals surface area contributed by atoms with E-state index in [2.05, 4.69) is 0 Å². The molecule has 2 aliphatic carbocycles. The highest BCUT2D eigenvalue weighted by atomic mass is 16.6. The Bertz CT molecular complexity index is 1130. The molecule has 0 spiro atoms. The van der Waals surface area contributed by atoms with E-state index >= 15 is 0 Å². The van der Waals surface area contributed by atoms with Crippen molar-refractivity contribution in [2.75, 3.05) is 7.11 Å². The Labute approximate surface area is 209 Å². The van der Waals surface area contributed by atoms with Gasteiger partial charge in [-0.05, 0) is 48.3 Å². The Morgan fingerprint density at radius 2 is 1.86 bits per heavy atom. The van der Waals surface area contributed by atoms with E-state index in [1.807, 2.05) is 13.8 Å². The summed E-state index contributed by atoms with van der Waals surface area (Å²) in [6.45, 7) is 3.98. The lowest BCUT2D eigenvalue weighted by molar-refractivity contribution is -0.236. The summed E-state index contributed by atoms with van der Waals surface area (Å²) >= 11 is 0. The molecule has 1 N–H and O–H groups in total. The van der Waals surface area contributed by atoms with Crippen LogP contribution in [0.3, 0.4) is 0 Å². The number of benzene rings is 1. The third kappa shape index (κ3) is 3.82. The van der Waals surface area contributed by atoms with E-state index in [1.54, 1.807) is 42.7 Å². The molecule has 1 aliphatic heterocycles. The molecule has 1 unspecified atom stereocenters. The Kier molecular flexibility index (Phi) is 6.19. The maximum absolute atomic E-state index is 13.2. The molecule has 0 amide bonds. The summed E-state index contributed by atoms with van der Waals surface area (Å²) in [5.41, 5.74) is -0.265. The van der Waals surface area contributed by atoms with Crippen LogP contribution in [0.15, 0.2) is 53.3 Å². The zero-order valence-electron chi connectivity index (χ0n) is 20.7. The molecular formula is C28H32O8. The van der Waals surface area contributed by atoms with E-state index in [4.69, 9.17) is 18.6 Å². The lowest BCUT2D eigenvalue weighted by Crippen LogP contribution is -2.66. The van der Waals surface area contributed by atoms with Gasteiger partial charge in [0.2, 0.25) is 0 Å². The predicted molar refractivity (Wildman–Crippen MR) is 126 cm³/mol. The highest BCUT2D eigenvalue weighted by Gasteiger charge is 2.67. The van der Waals surface area contributed by atoms with E-state index in [0.717, 1.165) is 5.56 Å². The number of carbonyl (C=O) groups is 3. The van der Waals surface area contributed by atoms with Gasteiger partial charge in [-0.25, -0.2) is 4.79 Å². The van der Waals surface area contributed by atoms with Crippen molar-refractivity contribution in [3.05, 3.63) is 60.1 Å². The first-order chi connectivity index (χ1) is 17.2. The number of fused-ring (bicyclic) bond motifs is 3. The van der Waals surface area contributed by atoms with Crippen molar-refractivity contribution in [2.24, 2.45) is 28.6 Å². The van der Waals surface area contributed by atoms with Crippen molar-refractivity contribution in [1.82, 2.24) is 0 Å². The molecule has 1 aromatic carbocycles. The molecule has 2 heterocycles. The van der Waals surface area contributed by atoms with Crippen molar-refractivity contribution in [2.45, 2.75) is 57.8 Å². The summed E-state index contributed by atoms with van der Waals surface area (Å²) in [4.78, 5) is 39.2. The van der Waals surface area contributed by atoms with Gasteiger partial charge < -0.3 is 23.7 Å². The molecule has 0 bridgehead atoms. The van der Waals surface area contributed by atoms with Crippen LogP contribution in [0.4, 0.5) is 0 Å². The minimum Gasteiger partial charge on any atom is -0.472 e. The van der Waals surface area contributed by atoms with Crippen LogP contribution in [0.5, 0.6) is 0 Å². The maximum Gasteiger partial charge on any atom is 0.338 e. The van der Waals surface area contributed by atoms with Gasteiger partial charge in [0, 0.05) is 17.9 Å². The quantitative estimate of drug-likeness (QED) is 0.498. The Balaban J connectivity index is 1.53.